The molecule has 3 rings (SSSR count). The number of nitrogens with zero attached hydrogens (tertiary/aromatic N) is 2. The molecule has 1 aromatic carbocycles. The van der Waals surface area contributed by atoms with Crippen molar-refractivity contribution >= 4 is 17.5 Å². The summed E-state index contributed by atoms with van der Waals surface area (Å²) in [7, 11) is 1.86. The lowest BCUT2D eigenvalue weighted by Gasteiger charge is -2.30. The second kappa shape index (κ2) is 10.3. The van der Waals surface area contributed by atoms with Gasteiger partial charge in [0.2, 0.25) is 0 Å². The van der Waals surface area contributed by atoms with E-state index < -0.39 is 36.1 Å². The Labute approximate surface area is 179 Å². The van der Waals surface area contributed by atoms with Gasteiger partial charge in [0, 0.05) is 37.0 Å². The first kappa shape index (κ1) is 22.6. The second-order valence-electron chi connectivity index (χ2n) is 7.27. The van der Waals surface area contributed by atoms with Crippen LogP contribution < -0.4 is 5.32 Å². The molecule has 1 aliphatic rings. The maximum atomic E-state index is 13.3. The van der Waals surface area contributed by atoms with Crippen molar-refractivity contribution < 1.29 is 24.1 Å². The van der Waals surface area contributed by atoms with Gasteiger partial charge in [0.1, 0.15) is 18.0 Å². The Kier molecular flexibility index (Phi) is 7.74. The first-order valence-corrected chi connectivity index (χ1v) is 10.1. The van der Waals surface area contributed by atoms with Gasteiger partial charge < -0.3 is 20.3 Å². The second-order valence-corrected chi connectivity index (χ2v) is 7.67. The van der Waals surface area contributed by atoms with Crippen molar-refractivity contribution in [3.63, 3.8) is 0 Å². The highest BCUT2D eigenvalue weighted by molar-refractivity contribution is 6.31. The summed E-state index contributed by atoms with van der Waals surface area (Å²) >= 11 is 5.74. The van der Waals surface area contributed by atoms with Crippen LogP contribution in [0.4, 0.5) is 4.39 Å². The van der Waals surface area contributed by atoms with E-state index in [1.165, 1.54) is 12.1 Å². The Morgan fingerprint density at radius 1 is 1.33 bits per heavy atom. The molecule has 0 bridgehead atoms. The molecule has 1 fully saturated rings. The summed E-state index contributed by atoms with van der Waals surface area (Å²) < 4.78 is 19.1. The number of nitrogens with one attached hydrogen (secondary N) is 1. The fourth-order valence-corrected chi connectivity index (χ4v) is 3.79. The predicted molar refractivity (Wildman–Crippen MR) is 110 cm³/mol. The van der Waals surface area contributed by atoms with Gasteiger partial charge in [-0.25, -0.2) is 4.39 Å². The minimum absolute atomic E-state index is 0.111. The summed E-state index contributed by atoms with van der Waals surface area (Å²) in [6.07, 6.45) is 0.216. The van der Waals surface area contributed by atoms with Gasteiger partial charge >= 0.3 is 0 Å². The Morgan fingerprint density at radius 2 is 2.13 bits per heavy atom. The smallest absolute Gasteiger partial charge is 0.251 e. The SMILES string of the molecule is CN(CCc1ccccn1)C1C(CNC(=O)c2ccc(F)c(Cl)c2)OC(CO)C1O. The number of rotatable bonds is 8. The van der Waals surface area contributed by atoms with Crippen molar-refractivity contribution in [3.8, 4) is 0 Å². The largest absolute Gasteiger partial charge is 0.394 e. The first-order chi connectivity index (χ1) is 14.4. The van der Waals surface area contributed by atoms with E-state index in [9.17, 15) is 19.4 Å². The lowest BCUT2D eigenvalue weighted by atomic mass is 10.0. The lowest BCUT2D eigenvalue weighted by Crippen LogP contribution is -2.50. The molecule has 2 heterocycles. The normalized spacial score (nSPS) is 23.7. The number of amides is 1. The molecular weight excluding hydrogens is 413 g/mol. The van der Waals surface area contributed by atoms with Crippen molar-refractivity contribution in [2.45, 2.75) is 30.8 Å². The van der Waals surface area contributed by atoms with Gasteiger partial charge in [0.05, 0.1) is 23.8 Å². The van der Waals surface area contributed by atoms with Crippen LogP contribution in [0.3, 0.4) is 0 Å². The average molecular weight is 438 g/mol. The first-order valence-electron chi connectivity index (χ1n) is 9.68. The Balaban J connectivity index is 1.63. The molecule has 2 aromatic rings. The number of pyridine rings is 1. The van der Waals surface area contributed by atoms with E-state index in [-0.39, 0.29) is 23.7 Å². The molecule has 3 N–H and O–H groups in total. The zero-order chi connectivity index (χ0) is 21.7. The Morgan fingerprint density at radius 3 is 2.80 bits per heavy atom. The van der Waals surface area contributed by atoms with Gasteiger partial charge in [0.25, 0.3) is 5.91 Å². The number of aromatic nitrogens is 1. The maximum absolute atomic E-state index is 13.3. The summed E-state index contributed by atoms with van der Waals surface area (Å²) in [5.41, 5.74) is 1.15. The molecule has 9 heteroatoms. The summed E-state index contributed by atoms with van der Waals surface area (Å²) in [6, 6.07) is 8.99. The van der Waals surface area contributed by atoms with Crippen LogP contribution in [0.25, 0.3) is 0 Å². The molecule has 0 saturated carbocycles. The predicted octanol–water partition coefficient (Wildman–Crippen LogP) is 1.27. The summed E-state index contributed by atoms with van der Waals surface area (Å²) in [5, 5.41) is 22.7. The van der Waals surface area contributed by atoms with Gasteiger partial charge in [-0.15, -0.1) is 0 Å². The van der Waals surface area contributed by atoms with Crippen LogP contribution in [0.2, 0.25) is 5.02 Å². The number of aliphatic hydroxyl groups excluding tert-OH is 2. The molecule has 4 unspecified atom stereocenters. The van der Waals surface area contributed by atoms with E-state index >= 15 is 0 Å². The molecule has 0 radical (unpaired) electrons. The van der Waals surface area contributed by atoms with Gasteiger partial charge in [-0.05, 0) is 37.4 Å². The molecular formula is C21H25ClFN3O4. The van der Waals surface area contributed by atoms with Crippen molar-refractivity contribution in [1.82, 2.24) is 15.2 Å². The van der Waals surface area contributed by atoms with E-state index in [4.69, 9.17) is 16.3 Å². The minimum atomic E-state index is -0.911. The van der Waals surface area contributed by atoms with Crippen molar-refractivity contribution in [3.05, 3.63) is 64.7 Å². The van der Waals surface area contributed by atoms with Gasteiger partial charge in [-0.1, -0.05) is 17.7 Å². The number of hydrogen-bond acceptors (Lipinski definition) is 6. The van der Waals surface area contributed by atoms with Gasteiger partial charge in [-0.2, -0.15) is 0 Å². The molecule has 4 atom stereocenters. The topological polar surface area (TPSA) is 94.9 Å². The molecule has 0 spiro atoms. The van der Waals surface area contributed by atoms with Crippen LogP contribution in [0, 0.1) is 5.82 Å². The van der Waals surface area contributed by atoms with Crippen LogP contribution in [-0.4, -0.2) is 77.1 Å². The number of ether oxygens (including phenoxy) is 1. The van der Waals surface area contributed by atoms with Crippen molar-refractivity contribution in [1.29, 1.82) is 0 Å². The van der Waals surface area contributed by atoms with E-state index in [1.54, 1.807) is 6.20 Å². The summed E-state index contributed by atoms with van der Waals surface area (Å²) in [6.45, 7) is 0.391. The van der Waals surface area contributed by atoms with Gasteiger partial charge in [-0.3, -0.25) is 14.7 Å². The highest BCUT2D eigenvalue weighted by atomic mass is 35.5. The van der Waals surface area contributed by atoms with Crippen LogP contribution in [-0.2, 0) is 11.2 Å². The van der Waals surface area contributed by atoms with E-state index in [0.29, 0.717) is 13.0 Å². The molecule has 1 amide bonds. The van der Waals surface area contributed by atoms with Crippen LogP contribution >= 0.6 is 11.6 Å². The number of likely N-dealkylation sites (N-methyl/N-ethyl adjacent to an activating group) is 1. The zero-order valence-corrected chi connectivity index (χ0v) is 17.3. The van der Waals surface area contributed by atoms with Crippen LogP contribution in [0.5, 0.6) is 0 Å². The summed E-state index contributed by atoms with van der Waals surface area (Å²) in [4.78, 5) is 18.6. The quantitative estimate of drug-likeness (QED) is 0.575. The Bertz CT molecular complexity index is 857. The van der Waals surface area contributed by atoms with Crippen molar-refractivity contribution in [2.75, 3.05) is 26.7 Å². The molecule has 1 saturated heterocycles. The maximum Gasteiger partial charge on any atom is 0.251 e. The molecule has 1 aromatic heterocycles. The van der Waals surface area contributed by atoms with Crippen molar-refractivity contribution in [2.24, 2.45) is 0 Å². The zero-order valence-electron chi connectivity index (χ0n) is 16.5. The third-order valence-corrected chi connectivity index (χ3v) is 5.53. The molecule has 0 aliphatic carbocycles. The van der Waals surface area contributed by atoms with Crippen LogP contribution in [0.15, 0.2) is 42.6 Å². The number of halogens is 2. The molecule has 30 heavy (non-hydrogen) atoms. The van der Waals surface area contributed by atoms with Crippen LogP contribution in [0.1, 0.15) is 16.1 Å². The lowest BCUT2D eigenvalue weighted by molar-refractivity contribution is -0.0209. The number of hydrogen-bond donors (Lipinski definition) is 3. The fourth-order valence-electron chi connectivity index (χ4n) is 3.61. The average Bonchev–Trinajstić information content (AvgIpc) is 3.08. The van der Waals surface area contributed by atoms with E-state index in [1.807, 2.05) is 30.1 Å². The highest BCUT2D eigenvalue weighted by Gasteiger charge is 2.45. The standard InChI is InChI=1S/C21H25ClFN3O4/c1-26(9-7-14-4-2-3-8-24-14)19-17(30-18(12-27)20(19)28)11-25-21(29)13-5-6-16(23)15(22)10-13/h2-6,8,10,17-20,27-28H,7,9,11-12H2,1H3,(H,25,29). The monoisotopic (exact) mass is 437 g/mol. The third-order valence-electron chi connectivity index (χ3n) is 5.24. The van der Waals surface area contributed by atoms with E-state index in [2.05, 4.69) is 10.3 Å². The number of benzene rings is 1. The third kappa shape index (κ3) is 5.33. The Hall–Kier alpha value is -2.10. The van der Waals surface area contributed by atoms with Gasteiger partial charge in [0.15, 0.2) is 0 Å². The molecule has 7 nitrogen and oxygen atoms in total. The number of carbonyl (C=O) groups is 1. The molecule has 1 aliphatic heterocycles. The fraction of sp³-hybridized carbons (Fsp3) is 0.429. The number of aliphatic hydroxyl groups is 2. The van der Waals surface area contributed by atoms with E-state index in [0.717, 1.165) is 11.8 Å². The highest BCUT2D eigenvalue weighted by Crippen LogP contribution is 2.25. The summed E-state index contributed by atoms with van der Waals surface area (Å²) in [5.74, 6) is -1.03. The molecule has 162 valence electrons. The number of carbonyl (C=O) groups excluding carboxylic acids is 1. The minimum Gasteiger partial charge on any atom is -0.394 e.